The second-order valence-corrected chi connectivity index (χ2v) is 14.9. The maximum absolute atomic E-state index is 6.48. The summed E-state index contributed by atoms with van der Waals surface area (Å²) in [6.07, 6.45) is 16.8. The quantitative estimate of drug-likeness (QED) is 0.133. The molecule has 0 heterocycles. The fourth-order valence-electron chi connectivity index (χ4n) is 3.47. The Kier molecular flexibility index (Phi) is 17.3. The van der Waals surface area contributed by atoms with Crippen molar-refractivity contribution < 1.29 is 13.0 Å². The van der Waals surface area contributed by atoms with Gasteiger partial charge in [-0.2, -0.15) is 0 Å². The van der Waals surface area contributed by atoms with Gasteiger partial charge >= 0.3 is 17.1 Å². The molecule has 29 heavy (non-hydrogen) atoms. The van der Waals surface area contributed by atoms with Gasteiger partial charge in [0.25, 0.3) is 0 Å². The Morgan fingerprint density at radius 2 is 1.21 bits per heavy atom. The van der Waals surface area contributed by atoms with Crippen LogP contribution in [0.1, 0.15) is 104 Å². The number of hydrogen-bond donors (Lipinski definition) is 0. The van der Waals surface area contributed by atoms with E-state index in [-0.39, 0.29) is 6.10 Å². The van der Waals surface area contributed by atoms with Crippen LogP contribution < -0.4 is 0 Å². The van der Waals surface area contributed by atoms with E-state index in [9.17, 15) is 0 Å². The van der Waals surface area contributed by atoms with Crippen molar-refractivity contribution in [2.45, 2.75) is 123 Å². The minimum Gasteiger partial charge on any atom is -0.409 e. The maximum Gasteiger partial charge on any atom is 0.352 e. The van der Waals surface area contributed by atoms with Crippen LogP contribution in [0, 0.1) is 0 Å². The van der Waals surface area contributed by atoms with Gasteiger partial charge in [0.15, 0.2) is 0 Å². The highest BCUT2D eigenvalue weighted by Crippen LogP contribution is 2.22. The van der Waals surface area contributed by atoms with Gasteiger partial charge in [-0.25, -0.2) is 0 Å². The van der Waals surface area contributed by atoms with Crippen LogP contribution in [0.3, 0.4) is 0 Å². The van der Waals surface area contributed by atoms with Crippen LogP contribution in [-0.4, -0.2) is 29.8 Å². The molecular formula is C24H50O3Si2. The Balaban J connectivity index is 4.22. The molecule has 3 unspecified atom stereocenters. The normalized spacial score (nSPS) is 16.7. The van der Waals surface area contributed by atoms with Gasteiger partial charge in [-0.15, -0.1) is 13.2 Å². The average Bonchev–Trinajstić information content (AvgIpc) is 2.69. The first-order chi connectivity index (χ1) is 13.8. The minimum absolute atomic E-state index is 0.191. The summed E-state index contributed by atoms with van der Waals surface area (Å²) in [7, 11) is -4.92. The predicted octanol–water partition coefficient (Wildman–Crippen LogP) is 8.13. The standard InChI is InChI=1S/C24H50O3Si2/c1-8-12-14-15-16-17-18-19-21-23-25-28(6,10-3)27-29(7,11-4)26-24(5)22-20-13-9-2/h10-11,24H,3-4,8-9,12-23H2,1-2,5-7H3. The third-order valence-corrected chi connectivity index (χ3v) is 11.8. The Labute approximate surface area is 184 Å². The van der Waals surface area contributed by atoms with Gasteiger partial charge in [0.2, 0.25) is 0 Å². The summed E-state index contributed by atoms with van der Waals surface area (Å²) < 4.78 is 19.0. The Hall–Kier alpha value is -0.206. The van der Waals surface area contributed by atoms with Crippen molar-refractivity contribution in [2.75, 3.05) is 6.61 Å². The molecule has 0 saturated heterocycles. The van der Waals surface area contributed by atoms with Crippen LogP contribution in [0.4, 0.5) is 0 Å². The van der Waals surface area contributed by atoms with Crippen LogP contribution in [-0.2, 0) is 13.0 Å². The summed E-state index contributed by atoms with van der Waals surface area (Å²) in [6.45, 7) is 19.5. The zero-order valence-corrected chi connectivity index (χ0v) is 22.3. The van der Waals surface area contributed by atoms with Crippen LogP contribution in [0.25, 0.3) is 0 Å². The van der Waals surface area contributed by atoms with E-state index in [0.717, 1.165) is 19.4 Å². The van der Waals surface area contributed by atoms with Gasteiger partial charge in [0.1, 0.15) is 0 Å². The van der Waals surface area contributed by atoms with Crippen LogP contribution in [0.15, 0.2) is 24.6 Å². The Morgan fingerprint density at radius 3 is 1.72 bits per heavy atom. The van der Waals surface area contributed by atoms with E-state index in [4.69, 9.17) is 13.0 Å². The molecule has 0 bridgehead atoms. The molecule has 0 aliphatic rings. The van der Waals surface area contributed by atoms with Crippen molar-refractivity contribution in [3.05, 3.63) is 24.6 Å². The first-order valence-electron chi connectivity index (χ1n) is 12.1. The third kappa shape index (κ3) is 15.3. The summed E-state index contributed by atoms with van der Waals surface area (Å²) in [4.78, 5) is 0. The minimum atomic E-state index is -2.47. The van der Waals surface area contributed by atoms with E-state index in [0.29, 0.717) is 0 Å². The van der Waals surface area contributed by atoms with Gasteiger partial charge in [0.05, 0.1) is 0 Å². The zero-order chi connectivity index (χ0) is 22.0. The van der Waals surface area contributed by atoms with Crippen LogP contribution in [0.5, 0.6) is 0 Å². The molecule has 0 aromatic heterocycles. The van der Waals surface area contributed by atoms with E-state index < -0.39 is 17.1 Å². The topological polar surface area (TPSA) is 27.7 Å². The summed E-state index contributed by atoms with van der Waals surface area (Å²) >= 11 is 0. The lowest BCUT2D eigenvalue weighted by molar-refractivity contribution is 0.147. The summed E-state index contributed by atoms with van der Waals surface area (Å²) in [5.74, 6) is 0. The SMILES string of the molecule is C=C[Si](C)(OCCCCCCCCCCC)O[Si](C)(C=C)OC(C)CCCCC. The van der Waals surface area contributed by atoms with Crippen LogP contribution in [0.2, 0.25) is 13.1 Å². The molecule has 0 amide bonds. The molecule has 0 radical (unpaired) electrons. The smallest absolute Gasteiger partial charge is 0.352 e. The van der Waals surface area contributed by atoms with Crippen LogP contribution >= 0.6 is 0 Å². The van der Waals surface area contributed by atoms with E-state index >= 15 is 0 Å². The van der Waals surface area contributed by atoms with E-state index in [2.05, 4.69) is 47.0 Å². The van der Waals surface area contributed by atoms with Gasteiger partial charge in [0, 0.05) is 12.7 Å². The van der Waals surface area contributed by atoms with Crippen molar-refractivity contribution in [3.63, 3.8) is 0 Å². The van der Waals surface area contributed by atoms with Gasteiger partial charge in [-0.05, 0) is 32.9 Å². The first-order valence-corrected chi connectivity index (χ1v) is 16.9. The Bertz CT molecular complexity index is 419. The van der Waals surface area contributed by atoms with Crippen molar-refractivity contribution in [1.82, 2.24) is 0 Å². The molecule has 0 aliphatic heterocycles. The number of hydrogen-bond acceptors (Lipinski definition) is 3. The molecule has 0 spiro atoms. The van der Waals surface area contributed by atoms with Gasteiger partial charge in [-0.1, -0.05) is 95.9 Å². The summed E-state index contributed by atoms with van der Waals surface area (Å²) in [6, 6.07) is 0. The summed E-state index contributed by atoms with van der Waals surface area (Å²) in [5.41, 5.74) is 3.78. The molecule has 172 valence electrons. The van der Waals surface area contributed by atoms with Gasteiger partial charge < -0.3 is 13.0 Å². The monoisotopic (exact) mass is 442 g/mol. The number of rotatable bonds is 21. The lowest BCUT2D eigenvalue weighted by atomic mass is 10.1. The zero-order valence-electron chi connectivity index (χ0n) is 20.3. The lowest BCUT2D eigenvalue weighted by Gasteiger charge is -2.35. The lowest BCUT2D eigenvalue weighted by Crippen LogP contribution is -2.51. The van der Waals surface area contributed by atoms with Crippen molar-refractivity contribution in [2.24, 2.45) is 0 Å². The highest BCUT2D eigenvalue weighted by Gasteiger charge is 2.40. The van der Waals surface area contributed by atoms with E-state index in [1.807, 2.05) is 11.4 Å². The first kappa shape index (κ1) is 28.8. The van der Waals surface area contributed by atoms with Crippen molar-refractivity contribution >= 4 is 17.1 Å². The molecule has 0 saturated carbocycles. The Morgan fingerprint density at radius 1 is 0.724 bits per heavy atom. The highest BCUT2D eigenvalue weighted by molar-refractivity contribution is 6.84. The molecule has 0 rings (SSSR count). The maximum atomic E-state index is 6.48. The average molecular weight is 443 g/mol. The van der Waals surface area contributed by atoms with E-state index in [1.54, 1.807) is 0 Å². The molecule has 0 fully saturated rings. The largest absolute Gasteiger partial charge is 0.409 e. The second-order valence-electron chi connectivity index (χ2n) is 8.64. The predicted molar refractivity (Wildman–Crippen MR) is 133 cm³/mol. The molecule has 0 aromatic carbocycles. The molecule has 0 aliphatic carbocycles. The highest BCUT2D eigenvalue weighted by atomic mass is 28.5. The van der Waals surface area contributed by atoms with Gasteiger partial charge in [-0.3, -0.25) is 0 Å². The fraction of sp³-hybridized carbons (Fsp3) is 0.833. The fourth-order valence-corrected chi connectivity index (χ4v) is 9.47. The third-order valence-electron chi connectivity index (χ3n) is 5.43. The van der Waals surface area contributed by atoms with E-state index in [1.165, 1.54) is 70.6 Å². The van der Waals surface area contributed by atoms with Crippen molar-refractivity contribution in [1.29, 1.82) is 0 Å². The molecule has 0 N–H and O–H groups in total. The number of unbranched alkanes of at least 4 members (excludes halogenated alkanes) is 10. The summed E-state index contributed by atoms with van der Waals surface area (Å²) in [5, 5.41) is 0. The molecule has 3 atom stereocenters. The second kappa shape index (κ2) is 17.5. The molecule has 5 heteroatoms. The molecular weight excluding hydrogens is 392 g/mol. The molecule has 3 nitrogen and oxygen atoms in total. The molecule has 0 aromatic rings. The van der Waals surface area contributed by atoms with Crippen molar-refractivity contribution in [3.8, 4) is 0 Å².